The van der Waals surface area contributed by atoms with E-state index in [0.717, 1.165) is 38.0 Å². The summed E-state index contributed by atoms with van der Waals surface area (Å²) in [5.74, 6) is 1.62. The molecule has 0 spiro atoms. The largest absolute Gasteiger partial charge is 0.462 e. The number of carbonyl (C=O) groups is 1. The number of piperazine rings is 1. The van der Waals surface area contributed by atoms with Gasteiger partial charge >= 0.3 is 5.97 Å². The first-order valence-corrected chi connectivity index (χ1v) is 10.5. The molecule has 0 aromatic carbocycles. The second-order valence-corrected chi connectivity index (χ2v) is 7.84. The van der Waals surface area contributed by atoms with Crippen molar-refractivity contribution in [1.29, 1.82) is 0 Å². The number of carbonyl (C=O) groups excluding carboxylic acids is 1. The lowest BCUT2D eigenvalue weighted by Gasteiger charge is -2.41. The summed E-state index contributed by atoms with van der Waals surface area (Å²) < 4.78 is 11.1. The highest BCUT2D eigenvalue weighted by molar-refractivity contribution is 6.08. The molecular weight excluding hydrogens is 356 g/mol. The monoisotopic (exact) mass is 386 g/mol. The average Bonchev–Trinajstić information content (AvgIpc) is 3.04. The molecule has 7 nitrogen and oxygen atoms in total. The molecule has 2 aromatic rings. The summed E-state index contributed by atoms with van der Waals surface area (Å²) in [4.78, 5) is 26.6. The first kappa shape index (κ1) is 19.2. The molecule has 1 saturated heterocycles. The van der Waals surface area contributed by atoms with Crippen LogP contribution in [-0.4, -0.2) is 59.7 Å². The molecule has 0 N–H and O–H groups in total. The number of rotatable bonds is 4. The number of hydrogen-bond acceptors (Lipinski definition) is 7. The predicted molar refractivity (Wildman–Crippen MR) is 108 cm³/mol. The lowest BCUT2D eigenvalue weighted by molar-refractivity contribution is 0.0526. The van der Waals surface area contributed by atoms with Gasteiger partial charge < -0.3 is 14.1 Å². The molecule has 1 saturated carbocycles. The number of anilines is 1. The Morgan fingerprint density at radius 2 is 1.82 bits per heavy atom. The zero-order chi connectivity index (χ0) is 19.7. The third-order valence-electron chi connectivity index (χ3n) is 6.00. The molecule has 0 amide bonds. The minimum atomic E-state index is -0.367. The Morgan fingerprint density at radius 3 is 2.50 bits per heavy atom. The molecule has 3 heterocycles. The molecule has 0 unspecified atom stereocenters. The fourth-order valence-corrected chi connectivity index (χ4v) is 4.62. The molecule has 1 aliphatic heterocycles. The number of aryl methyl sites for hydroxylation is 2. The first-order valence-electron chi connectivity index (χ1n) is 10.5. The molecule has 7 heteroatoms. The van der Waals surface area contributed by atoms with Gasteiger partial charge in [-0.25, -0.2) is 9.78 Å². The summed E-state index contributed by atoms with van der Waals surface area (Å²) in [5.41, 5.74) is 0.930. The molecule has 1 aliphatic carbocycles. The zero-order valence-electron chi connectivity index (χ0n) is 17.2. The van der Waals surface area contributed by atoms with Gasteiger partial charge in [0.2, 0.25) is 5.71 Å². The van der Waals surface area contributed by atoms with E-state index in [0.29, 0.717) is 34.9 Å². The smallest absolute Gasteiger partial charge is 0.342 e. The van der Waals surface area contributed by atoms with Crippen molar-refractivity contribution in [3.63, 3.8) is 0 Å². The van der Waals surface area contributed by atoms with Gasteiger partial charge in [-0.3, -0.25) is 4.90 Å². The van der Waals surface area contributed by atoms with E-state index in [2.05, 4.69) is 14.8 Å². The fourth-order valence-electron chi connectivity index (χ4n) is 4.62. The minimum Gasteiger partial charge on any atom is -0.462 e. The van der Waals surface area contributed by atoms with Crippen LogP contribution in [-0.2, 0) is 4.74 Å². The highest BCUT2D eigenvalue weighted by atomic mass is 16.5. The van der Waals surface area contributed by atoms with Crippen molar-refractivity contribution in [2.75, 3.05) is 37.7 Å². The third kappa shape index (κ3) is 3.60. The number of nitrogens with zero attached hydrogens (tertiary/aromatic N) is 4. The minimum absolute atomic E-state index is 0.326. The van der Waals surface area contributed by atoms with E-state index in [4.69, 9.17) is 14.1 Å². The summed E-state index contributed by atoms with van der Waals surface area (Å²) in [5, 5.41) is 0.688. The molecule has 2 aliphatic rings. The van der Waals surface area contributed by atoms with Crippen LogP contribution in [0.1, 0.15) is 61.0 Å². The van der Waals surface area contributed by atoms with Gasteiger partial charge in [-0.15, -0.1) is 0 Å². The molecule has 0 bridgehead atoms. The van der Waals surface area contributed by atoms with E-state index in [1.54, 1.807) is 6.92 Å². The van der Waals surface area contributed by atoms with E-state index in [1.165, 1.54) is 32.1 Å². The van der Waals surface area contributed by atoms with Crippen molar-refractivity contribution < 1.29 is 13.9 Å². The van der Waals surface area contributed by atoms with E-state index in [-0.39, 0.29) is 5.97 Å². The van der Waals surface area contributed by atoms with Crippen molar-refractivity contribution in [3.8, 4) is 0 Å². The van der Waals surface area contributed by atoms with Crippen LogP contribution in [0, 0.1) is 13.8 Å². The second-order valence-electron chi connectivity index (χ2n) is 7.84. The van der Waals surface area contributed by atoms with Gasteiger partial charge in [0, 0.05) is 32.2 Å². The Morgan fingerprint density at radius 1 is 1.11 bits per heavy atom. The number of aromatic nitrogens is 2. The first-order chi connectivity index (χ1) is 13.6. The standard InChI is InChI=1S/C21H30N4O3/c1-4-27-21(26)17-14(2)28-20-18(17)19(22-15(3)23-20)25-12-10-24(11-13-25)16-8-6-5-7-9-16/h16H,4-13H2,1-3H3. The maximum absolute atomic E-state index is 12.6. The summed E-state index contributed by atoms with van der Waals surface area (Å²) in [6, 6.07) is 0.731. The van der Waals surface area contributed by atoms with Gasteiger partial charge in [-0.2, -0.15) is 4.98 Å². The van der Waals surface area contributed by atoms with Gasteiger partial charge in [-0.1, -0.05) is 19.3 Å². The number of ether oxygens (including phenoxy) is 1. The van der Waals surface area contributed by atoms with E-state index < -0.39 is 0 Å². The van der Waals surface area contributed by atoms with Crippen molar-refractivity contribution in [3.05, 3.63) is 17.1 Å². The molecule has 28 heavy (non-hydrogen) atoms. The van der Waals surface area contributed by atoms with Gasteiger partial charge in [0.15, 0.2) is 0 Å². The van der Waals surface area contributed by atoms with Crippen LogP contribution in [0.2, 0.25) is 0 Å². The third-order valence-corrected chi connectivity index (χ3v) is 6.00. The lowest BCUT2D eigenvalue weighted by Crippen LogP contribution is -2.51. The Balaban J connectivity index is 1.62. The summed E-state index contributed by atoms with van der Waals surface area (Å²) >= 11 is 0. The second kappa shape index (κ2) is 8.07. The van der Waals surface area contributed by atoms with Crippen molar-refractivity contribution in [2.24, 2.45) is 0 Å². The number of fused-ring (bicyclic) bond motifs is 1. The van der Waals surface area contributed by atoms with Gasteiger partial charge in [0.1, 0.15) is 23.0 Å². The van der Waals surface area contributed by atoms with E-state index in [9.17, 15) is 4.79 Å². The molecule has 0 radical (unpaired) electrons. The Labute approximate surface area is 166 Å². The van der Waals surface area contributed by atoms with Crippen molar-refractivity contribution in [2.45, 2.75) is 58.9 Å². The SMILES string of the molecule is CCOC(=O)c1c(C)oc2nc(C)nc(N3CCN(C4CCCCC4)CC3)c12. The van der Waals surface area contributed by atoms with Crippen LogP contribution in [0.5, 0.6) is 0 Å². The molecule has 4 rings (SSSR count). The van der Waals surface area contributed by atoms with E-state index >= 15 is 0 Å². The molecule has 152 valence electrons. The van der Waals surface area contributed by atoms with Crippen LogP contribution in [0.3, 0.4) is 0 Å². The normalized spacial score (nSPS) is 19.3. The summed E-state index contributed by atoms with van der Waals surface area (Å²) in [6.07, 6.45) is 6.74. The van der Waals surface area contributed by atoms with Crippen molar-refractivity contribution >= 4 is 22.9 Å². The van der Waals surface area contributed by atoms with Crippen LogP contribution in [0.4, 0.5) is 5.82 Å². The Kier molecular flexibility index (Phi) is 5.53. The zero-order valence-corrected chi connectivity index (χ0v) is 17.2. The molecule has 0 atom stereocenters. The maximum Gasteiger partial charge on any atom is 0.342 e. The average molecular weight is 386 g/mol. The summed E-state index contributed by atoms with van der Waals surface area (Å²) in [7, 11) is 0. The number of furan rings is 1. The highest BCUT2D eigenvalue weighted by Gasteiger charge is 2.30. The summed E-state index contributed by atoms with van der Waals surface area (Å²) in [6.45, 7) is 9.64. The molecular formula is C21H30N4O3. The topological polar surface area (TPSA) is 71.7 Å². The Hall–Kier alpha value is -2.15. The van der Waals surface area contributed by atoms with Crippen molar-refractivity contribution in [1.82, 2.24) is 14.9 Å². The van der Waals surface area contributed by atoms with Crippen LogP contribution < -0.4 is 4.90 Å². The fraction of sp³-hybridized carbons (Fsp3) is 0.667. The predicted octanol–water partition coefficient (Wildman–Crippen LogP) is 3.47. The van der Waals surface area contributed by atoms with Crippen LogP contribution in [0.15, 0.2) is 4.42 Å². The van der Waals surface area contributed by atoms with Crippen LogP contribution >= 0.6 is 0 Å². The Bertz CT molecular complexity index is 849. The molecule has 2 aromatic heterocycles. The maximum atomic E-state index is 12.6. The highest BCUT2D eigenvalue weighted by Crippen LogP contribution is 2.33. The van der Waals surface area contributed by atoms with Crippen LogP contribution in [0.25, 0.3) is 11.1 Å². The number of hydrogen-bond donors (Lipinski definition) is 0. The van der Waals surface area contributed by atoms with Gasteiger partial charge in [0.25, 0.3) is 0 Å². The molecule has 2 fully saturated rings. The quantitative estimate of drug-likeness (QED) is 0.745. The van der Waals surface area contributed by atoms with Gasteiger partial charge in [-0.05, 0) is 33.6 Å². The number of esters is 1. The van der Waals surface area contributed by atoms with E-state index in [1.807, 2.05) is 13.8 Å². The van der Waals surface area contributed by atoms with Gasteiger partial charge in [0.05, 0.1) is 12.0 Å². The lowest BCUT2D eigenvalue weighted by atomic mass is 9.94.